The average molecular weight is 495 g/mol. The monoisotopic (exact) mass is 494 g/mol. The van der Waals surface area contributed by atoms with Crippen LogP contribution >= 0.6 is 0 Å². The molecule has 34 heavy (non-hydrogen) atoms. The number of aliphatic hydroxyl groups excluding tert-OH is 1. The van der Waals surface area contributed by atoms with Gasteiger partial charge >= 0.3 is 5.97 Å². The summed E-state index contributed by atoms with van der Waals surface area (Å²) < 4.78 is 11.8. The molecule has 1 aliphatic heterocycles. The number of hydrogen-bond donors (Lipinski definition) is 1. The van der Waals surface area contributed by atoms with Gasteiger partial charge < -0.3 is 19.2 Å². The maximum Gasteiger partial charge on any atom is 0.325 e. The minimum atomic E-state index is -2.20. The molecule has 190 valence electrons. The number of benzene rings is 1. The third-order valence-corrected chi connectivity index (χ3v) is 11.7. The van der Waals surface area contributed by atoms with Gasteiger partial charge in [0.1, 0.15) is 19.3 Å². The van der Waals surface area contributed by atoms with E-state index in [-0.39, 0.29) is 24.1 Å². The Kier molecular flexibility index (Phi) is 9.01. The summed E-state index contributed by atoms with van der Waals surface area (Å²) in [5.74, 6) is -2.07. The van der Waals surface area contributed by atoms with Crippen LogP contribution in [0.5, 0.6) is 0 Å². The number of esters is 1. The van der Waals surface area contributed by atoms with Crippen molar-refractivity contribution in [2.75, 3.05) is 13.1 Å². The molecule has 0 bridgehead atoms. The van der Waals surface area contributed by atoms with Crippen LogP contribution in [-0.2, 0) is 25.4 Å². The van der Waals surface area contributed by atoms with E-state index in [4.69, 9.17) is 9.16 Å². The molecule has 1 aromatic rings. The molecular weight excluding hydrogens is 456 g/mol. The van der Waals surface area contributed by atoms with Gasteiger partial charge in [0.05, 0.1) is 18.1 Å². The summed E-state index contributed by atoms with van der Waals surface area (Å²) in [4.78, 5) is 37.4. The predicted molar refractivity (Wildman–Crippen MR) is 130 cm³/mol. The van der Waals surface area contributed by atoms with Crippen LogP contribution in [0.25, 0.3) is 0 Å². The highest BCUT2D eigenvalue weighted by Crippen LogP contribution is 2.42. The molecule has 0 spiro atoms. The van der Waals surface area contributed by atoms with Crippen molar-refractivity contribution in [3.05, 3.63) is 46.0 Å². The molecule has 1 N–H and O–H groups in total. The molecule has 5 atom stereocenters. The van der Waals surface area contributed by atoms with Gasteiger partial charge in [0, 0.05) is 10.8 Å². The van der Waals surface area contributed by atoms with Crippen molar-refractivity contribution in [2.45, 2.75) is 77.6 Å². The van der Waals surface area contributed by atoms with E-state index in [0.29, 0.717) is 0 Å². The summed E-state index contributed by atoms with van der Waals surface area (Å²) >= 11 is 0. The number of likely N-dealkylation sites (tertiary alicyclic amines) is 1. The molecule has 2 rings (SSSR count). The van der Waals surface area contributed by atoms with Crippen LogP contribution in [-0.4, -0.2) is 66.5 Å². The Labute approximate surface area is 202 Å². The Bertz CT molecular complexity index is 872. The van der Waals surface area contributed by atoms with Crippen LogP contribution in [0.15, 0.2) is 30.3 Å². The van der Waals surface area contributed by atoms with Crippen molar-refractivity contribution in [3.63, 3.8) is 0 Å². The number of nitro groups is 1. The van der Waals surface area contributed by atoms with Gasteiger partial charge in [-0.2, -0.15) is 0 Å². The third kappa shape index (κ3) is 6.64. The first kappa shape index (κ1) is 27.9. The van der Waals surface area contributed by atoms with Gasteiger partial charge in [0.25, 0.3) is 0 Å². The minimum absolute atomic E-state index is 0.0682. The number of β-lactam (4-membered cyclic amide) rings is 1. The SMILES string of the molecule is CC(C(O)C[N+](=O)[O-])[C@@H]1[C@@H]([C@@H](C)O[Si](C)(C)C(C)(C)C)C(=O)N1CC(=O)OCc1ccccc1. The summed E-state index contributed by atoms with van der Waals surface area (Å²) in [6.07, 6.45) is -1.72. The summed E-state index contributed by atoms with van der Waals surface area (Å²) in [7, 11) is -2.20. The topological polar surface area (TPSA) is 119 Å². The number of ether oxygens (including phenoxy) is 1. The van der Waals surface area contributed by atoms with Gasteiger partial charge in [-0.1, -0.05) is 58.0 Å². The lowest BCUT2D eigenvalue weighted by Gasteiger charge is -2.53. The number of carbonyl (C=O) groups excluding carboxylic acids is 2. The van der Waals surface area contributed by atoms with E-state index in [1.165, 1.54) is 4.90 Å². The number of aliphatic hydroxyl groups is 1. The zero-order chi connectivity index (χ0) is 25.8. The highest BCUT2D eigenvalue weighted by molar-refractivity contribution is 6.74. The number of hydrogen-bond acceptors (Lipinski definition) is 7. The number of carbonyl (C=O) groups is 2. The molecule has 0 aromatic heterocycles. The maximum atomic E-state index is 13.1. The van der Waals surface area contributed by atoms with E-state index in [9.17, 15) is 24.8 Å². The van der Waals surface area contributed by atoms with Crippen molar-refractivity contribution < 1.29 is 28.8 Å². The Balaban J connectivity index is 2.16. The Morgan fingerprint density at radius 3 is 2.35 bits per heavy atom. The highest BCUT2D eigenvalue weighted by Gasteiger charge is 2.56. The first-order valence-corrected chi connectivity index (χ1v) is 14.5. The van der Waals surface area contributed by atoms with Crippen molar-refractivity contribution in [3.8, 4) is 0 Å². The molecular formula is C24H38N2O7Si. The van der Waals surface area contributed by atoms with E-state index in [2.05, 4.69) is 33.9 Å². The molecule has 1 saturated heterocycles. The van der Waals surface area contributed by atoms with Crippen molar-refractivity contribution in [1.82, 2.24) is 4.90 Å². The fourth-order valence-corrected chi connectivity index (χ4v) is 5.48. The van der Waals surface area contributed by atoms with Gasteiger partial charge in [-0.3, -0.25) is 19.7 Å². The number of amides is 1. The minimum Gasteiger partial charge on any atom is -0.459 e. The Hall–Kier alpha value is -2.30. The van der Waals surface area contributed by atoms with Crippen LogP contribution in [0.3, 0.4) is 0 Å². The largest absolute Gasteiger partial charge is 0.459 e. The lowest BCUT2D eigenvalue weighted by atomic mass is 9.74. The summed E-state index contributed by atoms with van der Waals surface area (Å²) in [5.41, 5.74) is 0.825. The van der Waals surface area contributed by atoms with Gasteiger partial charge in [0.2, 0.25) is 12.5 Å². The normalized spacial score (nSPS) is 21.4. The molecule has 1 fully saturated rings. The van der Waals surface area contributed by atoms with Crippen molar-refractivity contribution >= 4 is 20.2 Å². The molecule has 1 aliphatic rings. The molecule has 1 amide bonds. The molecule has 0 aliphatic carbocycles. The molecule has 0 radical (unpaired) electrons. The standard InChI is InChI=1S/C24H38N2O7Si/c1-16(19(27)13-26(30)31)22-21(17(2)33-34(6,7)24(3,4)5)23(29)25(22)14-20(28)32-15-18-11-9-8-10-12-18/h8-12,16-17,19,21-22,27H,13-15H2,1-7H3/t16?,17-,19?,21-,22-/m1/s1. The Morgan fingerprint density at radius 2 is 1.82 bits per heavy atom. The van der Waals surface area contributed by atoms with Crippen LogP contribution < -0.4 is 0 Å². The van der Waals surface area contributed by atoms with Crippen LogP contribution in [0.4, 0.5) is 0 Å². The van der Waals surface area contributed by atoms with Gasteiger partial charge in [-0.25, -0.2) is 0 Å². The highest BCUT2D eigenvalue weighted by atomic mass is 28.4. The fraction of sp³-hybridized carbons (Fsp3) is 0.667. The maximum absolute atomic E-state index is 13.1. The summed E-state index contributed by atoms with van der Waals surface area (Å²) in [6.45, 7) is 13.1. The molecule has 1 aromatic carbocycles. The zero-order valence-electron chi connectivity index (χ0n) is 21.2. The van der Waals surface area contributed by atoms with E-state index in [1.807, 2.05) is 37.3 Å². The quantitative estimate of drug-likeness (QED) is 0.165. The van der Waals surface area contributed by atoms with E-state index in [1.54, 1.807) is 6.92 Å². The predicted octanol–water partition coefficient (Wildman–Crippen LogP) is 3.24. The van der Waals surface area contributed by atoms with Crippen LogP contribution in [0.1, 0.15) is 40.2 Å². The second-order valence-corrected chi connectivity index (χ2v) is 15.4. The summed E-state index contributed by atoms with van der Waals surface area (Å²) in [5, 5.41) is 21.4. The first-order chi connectivity index (χ1) is 15.7. The van der Waals surface area contributed by atoms with Crippen LogP contribution in [0.2, 0.25) is 18.1 Å². The molecule has 9 nitrogen and oxygen atoms in total. The second-order valence-electron chi connectivity index (χ2n) is 10.7. The zero-order valence-corrected chi connectivity index (χ0v) is 22.2. The summed E-state index contributed by atoms with van der Waals surface area (Å²) in [6, 6.07) is 8.62. The Morgan fingerprint density at radius 1 is 1.24 bits per heavy atom. The van der Waals surface area contributed by atoms with Gasteiger partial charge in [-0.05, 0) is 30.6 Å². The fourth-order valence-electron chi connectivity index (χ4n) is 4.05. The third-order valence-electron chi connectivity index (χ3n) is 7.11. The lowest BCUT2D eigenvalue weighted by molar-refractivity contribution is -0.492. The van der Waals surface area contributed by atoms with Crippen LogP contribution in [0, 0.1) is 22.0 Å². The van der Waals surface area contributed by atoms with Gasteiger partial charge in [-0.15, -0.1) is 0 Å². The lowest BCUT2D eigenvalue weighted by Crippen LogP contribution is -2.69. The first-order valence-electron chi connectivity index (χ1n) is 11.6. The number of rotatable bonds is 11. The van der Waals surface area contributed by atoms with Crippen molar-refractivity contribution in [2.24, 2.45) is 11.8 Å². The molecule has 1 heterocycles. The van der Waals surface area contributed by atoms with E-state index in [0.717, 1.165) is 5.56 Å². The smallest absolute Gasteiger partial charge is 0.325 e. The van der Waals surface area contributed by atoms with Crippen molar-refractivity contribution in [1.29, 1.82) is 0 Å². The molecule has 2 unspecified atom stereocenters. The average Bonchev–Trinajstić information content (AvgIpc) is 2.72. The molecule has 0 saturated carbocycles. The second kappa shape index (κ2) is 11.0. The van der Waals surface area contributed by atoms with E-state index >= 15 is 0 Å². The number of nitrogens with zero attached hydrogens (tertiary/aromatic N) is 2. The molecule has 10 heteroatoms. The van der Waals surface area contributed by atoms with Gasteiger partial charge in [0.15, 0.2) is 8.32 Å². The van der Waals surface area contributed by atoms with E-state index < -0.39 is 55.8 Å².